The van der Waals surface area contributed by atoms with Crippen LogP contribution in [0.25, 0.3) is 10.9 Å². The number of rotatable bonds is 4. The number of benzene rings is 2. The molecule has 0 saturated carbocycles. The molecule has 1 aromatic heterocycles. The van der Waals surface area contributed by atoms with Gasteiger partial charge in [0, 0.05) is 49.3 Å². The predicted molar refractivity (Wildman–Crippen MR) is 125 cm³/mol. The summed E-state index contributed by atoms with van der Waals surface area (Å²) in [5.41, 5.74) is -0.0614. The highest BCUT2D eigenvalue weighted by Gasteiger charge is 2.26. The topological polar surface area (TPSA) is 82.8 Å². The number of pyridine rings is 1. The van der Waals surface area contributed by atoms with Crippen LogP contribution in [0.1, 0.15) is 27.6 Å². The molecule has 1 amide bonds. The quantitative estimate of drug-likeness (QED) is 0.593. The molecule has 33 heavy (non-hydrogen) atoms. The SMILES string of the molecule is CCn1cc(C(=O)O)c(=O)c2cc(F)c(N3CCN(C(=O)c4cc(Cl)ccc4Cl)CC3)cc21. The second-order valence-electron chi connectivity index (χ2n) is 7.69. The summed E-state index contributed by atoms with van der Waals surface area (Å²) < 4.78 is 16.6. The highest BCUT2D eigenvalue weighted by atomic mass is 35.5. The van der Waals surface area contributed by atoms with E-state index >= 15 is 4.39 Å². The van der Waals surface area contributed by atoms with Gasteiger partial charge in [-0.05, 0) is 37.3 Å². The average Bonchev–Trinajstić information content (AvgIpc) is 2.80. The lowest BCUT2D eigenvalue weighted by Crippen LogP contribution is -2.49. The molecule has 4 rings (SSSR count). The Morgan fingerprint density at radius 1 is 1.06 bits per heavy atom. The van der Waals surface area contributed by atoms with Crippen LogP contribution in [0.3, 0.4) is 0 Å². The summed E-state index contributed by atoms with van der Waals surface area (Å²) in [4.78, 5) is 40.2. The lowest BCUT2D eigenvalue weighted by molar-refractivity contribution is 0.0693. The number of hydrogen-bond acceptors (Lipinski definition) is 4. The molecule has 7 nitrogen and oxygen atoms in total. The third kappa shape index (κ3) is 4.28. The van der Waals surface area contributed by atoms with Gasteiger partial charge in [0.1, 0.15) is 11.4 Å². The van der Waals surface area contributed by atoms with Gasteiger partial charge in [0.25, 0.3) is 5.91 Å². The van der Waals surface area contributed by atoms with Crippen LogP contribution in [0.5, 0.6) is 0 Å². The van der Waals surface area contributed by atoms with Crippen LogP contribution in [-0.2, 0) is 6.54 Å². The zero-order valence-electron chi connectivity index (χ0n) is 17.6. The van der Waals surface area contributed by atoms with Gasteiger partial charge in [-0.15, -0.1) is 0 Å². The van der Waals surface area contributed by atoms with E-state index < -0.39 is 22.8 Å². The molecule has 1 aliphatic rings. The van der Waals surface area contributed by atoms with E-state index in [9.17, 15) is 19.5 Å². The van der Waals surface area contributed by atoms with Gasteiger partial charge in [0.05, 0.1) is 21.8 Å². The van der Waals surface area contributed by atoms with Crippen LogP contribution in [0.2, 0.25) is 10.0 Å². The number of aromatic nitrogens is 1. The monoisotopic (exact) mass is 491 g/mol. The van der Waals surface area contributed by atoms with Gasteiger partial charge in [-0.3, -0.25) is 9.59 Å². The minimum absolute atomic E-state index is 0.0161. The number of carbonyl (C=O) groups excluding carboxylic acids is 1. The summed E-state index contributed by atoms with van der Waals surface area (Å²) in [5.74, 6) is -2.22. The first-order valence-corrected chi connectivity index (χ1v) is 11.1. The maximum Gasteiger partial charge on any atom is 0.341 e. The molecule has 0 radical (unpaired) electrons. The van der Waals surface area contributed by atoms with Crippen LogP contribution in [-0.4, -0.2) is 52.6 Å². The fraction of sp³-hybridized carbons (Fsp3) is 0.261. The smallest absolute Gasteiger partial charge is 0.341 e. The Labute approximate surface area is 198 Å². The van der Waals surface area contributed by atoms with Crippen LogP contribution >= 0.6 is 23.2 Å². The number of fused-ring (bicyclic) bond motifs is 1. The van der Waals surface area contributed by atoms with Gasteiger partial charge in [-0.2, -0.15) is 0 Å². The van der Waals surface area contributed by atoms with E-state index in [1.54, 1.807) is 32.6 Å². The van der Waals surface area contributed by atoms with Crippen LogP contribution in [0, 0.1) is 5.82 Å². The third-order valence-electron chi connectivity index (χ3n) is 5.79. The summed E-state index contributed by atoms with van der Waals surface area (Å²) in [6.45, 7) is 3.65. The Hall–Kier alpha value is -3.10. The van der Waals surface area contributed by atoms with Crippen molar-refractivity contribution in [2.24, 2.45) is 0 Å². The maximum atomic E-state index is 15.0. The summed E-state index contributed by atoms with van der Waals surface area (Å²) in [6.07, 6.45) is 1.28. The number of hydrogen-bond donors (Lipinski definition) is 1. The molecule has 3 aromatic rings. The van der Waals surface area contributed by atoms with E-state index in [2.05, 4.69) is 0 Å². The fourth-order valence-corrected chi connectivity index (χ4v) is 4.41. The van der Waals surface area contributed by atoms with Crippen LogP contribution in [0.4, 0.5) is 10.1 Å². The predicted octanol–water partition coefficient (Wildman–Crippen LogP) is 4.13. The van der Waals surface area contributed by atoms with Crippen molar-refractivity contribution in [3.8, 4) is 0 Å². The molecule has 0 spiro atoms. The van der Waals surface area contributed by atoms with Crippen LogP contribution in [0.15, 0.2) is 41.3 Å². The van der Waals surface area contributed by atoms with E-state index in [4.69, 9.17) is 23.2 Å². The largest absolute Gasteiger partial charge is 0.477 e. The molecule has 172 valence electrons. The van der Waals surface area contributed by atoms with E-state index in [0.29, 0.717) is 59.5 Å². The van der Waals surface area contributed by atoms with Crippen molar-refractivity contribution in [3.63, 3.8) is 0 Å². The Morgan fingerprint density at radius 3 is 2.39 bits per heavy atom. The van der Waals surface area contributed by atoms with Gasteiger partial charge in [0.15, 0.2) is 0 Å². The Bertz CT molecular complexity index is 1330. The third-order valence-corrected chi connectivity index (χ3v) is 6.35. The lowest BCUT2D eigenvalue weighted by atomic mass is 10.1. The molecule has 0 atom stereocenters. The Kier molecular flexibility index (Phi) is 6.32. The first-order valence-electron chi connectivity index (χ1n) is 10.3. The number of anilines is 1. The first-order chi connectivity index (χ1) is 15.7. The molecule has 2 aromatic carbocycles. The second-order valence-corrected chi connectivity index (χ2v) is 8.53. The highest BCUT2D eigenvalue weighted by Crippen LogP contribution is 2.27. The minimum atomic E-state index is -1.35. The zero-order chi connectivity index (χ0) is 23.9. The number of halogens is 3. The number of aromatic carboxylic acids is 1. The van der Waals surface area contributed by atoms with Crippen molar-refractivity contribution in [2.75, 3.05) is 31.1 Å². The average molecular weight is 492 g/mol. The summed E-state index contributed by atoms with van der Waals surface area (Å²) in [6, 6.07) is 7.36. The van der Waals surface area contributed by atoms with Gasteiger partial charge in [-0.25, -0.2) is 9.18 Å². The van der Waals surface area contributed by atoms with Crippen LogP contribution < -0.4 is 10.3 Å². The first kappa shape index (κ1) is 23.1. The zero-order valence-corrected chi connectivity index (χ0v) is 19.2. The fourth-order valence-electron chi connectivity index (χ4n) is 4.04. The standard InChI is InChI=1S/C23H20Cl2FN3O4/c1-2-27-12-16(23(32)33)21(30)15-10-18(26)20(11-19(15)27)28-5-7-29(8-6-28)22(31)14-9-13(24)3-4-17(14)25/h3-4,9-12H,2,5-8H2,1H3,(H,32,33). The molecule has 1 fully saturated rings. The van der Waals surface area contributed by atoms with Gasteiger partial charge >= 0.3 is 5.97 Å². The van der Waals surface area contributed by atoms with Crippen molar-refractivity contribution in [3.05, 3.63) is 73.7 Å². The molecular formula is C23H20Cl2FN3O4. The normalized spacial score (nSPS) is 14.1. The van der Waals surface area contributed by atoms with Crippen molar-refractivity contribution in [1.29, 1.82) is 0 Å². The molecule has 1 saturated heterocycles. The van der Waals surface area contributed by atoms with Gasteiger partial charge < -0.3 is 19.5 Å². The van der Waals surface area contributed by atoms with Crippen molar-refractivity contribution in [1.82, 2.24) is 9.47 Å². The highest BCUT2D eigenvalue weighted by molar-refractivity contribution is 6.35. The molecular weight excluding hydrogens is 472 g/mol. The van der Waals surface area contributed by atoms with E-state index in [-0.39, 0.29) is 11.3 Å². The number of nitrogens with zero attached hydrogens (tertiary/aromatic N) is 3. The van der Waals surface area contributed by atoms with Gasteiger partial charge in [0.2, 0.25) is 5.43 Å². The number of carboxylic acid groups (broad SMARTS) is 1. The van der Waals surface area contributed by atoms with E-state index in [1.807, 2.05) is 6.92 Å². The number of carboxylic acids is 1. The van der Waals surface area contributed by atoms with Crippen molar-refractivity contribution in [2.45, 2.75) is 13.5 Å². The Morgan fingerprint density at radius 2 is 1.76 bits per heavy atom. The number of amides is 1. The lowest BCUT2D eigenvalue weighted by Gasteiger charge is -2.36. The van der Waals surface area contributed by atoms with E-state index in [1.165, 1.54) is 12.3 Å². The van der Waals surface area contributed by atoms with E-state index in [0.717, 1.165) is 6.07 Å². The maximum absolute atomic E-state index is 15.0. The molecule has 1 N–H and O–H groups in total. The molecule has 10 heteroatoms. The summed E-state index contributed by atoms with van der Waals surface area (Å²) in [7, 11) is 0. The molecule has 2 heterocycles. The molecule has 0 unspecified atom stereocenters. The van der Waals surface area contributed by atoms with Gasteiger partial charge in [-0.1, -0.05) is 23.2 Å². The number of carbonyl (C=O) groups is 2. The minimum Gasteiger partial charge on any atom is -0.477 e. The summed E-state index contributed by atoms with van der Waals surface area (Å²) in [5, 5.41) is 10.0. The number of piperazine rings is 1. The van der Waals surface area contributed by atoms with Crippen molar-refractivity contribution < 1.29 is 19.1 Å². The van der Waals surface area contributed by atoms with Crippen molar-refractivity contribution >= 4 is 51.7 Å². The summed E-state index contributed by atoms with van der Waals surface area (Å²) >= 11 is 12.1. The Balaban J connectivity index is 1.62. The second kappa shape index (κ2) is 9.03. The number of aryl methyl sites for hydroxylation is 1. The molecule has 0 aliphatic carbocycles. The molecule has 1 aliphatic heterocycles. The molecule has 0 bridgehead atoms.